The highest BCUT2D eigenvalue weighted by Crippen LogP contribution is 2.38. The molecule has 1 heterocycles. The summed E-state index contributed by atoms with van der Waals surface area (Å²) < 4.78 is 5.13. The number of anilines is 1. The molecule has 0 aromatic heterocycles. The van der Waals surface area contributed by atoms with Gasteiger partial charge >= 0.3 is 0 Å². The number of aliphatic hydroxyl groups is 1. The van der Waals surface area contributed by atoms with E-state index in [1.54, 1.807) is 19.1 Å². The fraction of sp³-hybridized carbons (Fsp3) is 0.278. The van der Waals surface area contributed by atoms with E-state index in [2.05, 4.69) is 0 Å². The van der Waals surface area contributed by atoms with Crippen LogP contribution in [0.5, 0.6) is 5.75 Å². The molecule has 22 heavy (non-hydrogen) atoms. The van der Waals surface area contributed by atoms with Gasteiger partial charge in [-0.15, -0.1) is 0 Å². The number of carbonyl (C=O) groups excluding carboxylic acids is 1. The zero-order valence-electron chi connectivity index (χ0n) is 12.9. The summed E-state index contributed by atoms with van der Waals surface area (Å²) in [5.74, 6) is 0.680. The van der Waals surface area contributed by atoms with Gasteiger partial charge in [-0.05, 0) is 47.9 Å². The van der Waals surface area contributed by atoms with E-state index in [1.807, 2.05) is 49.4 Å². The standard InChI is InChI=1S/C18H19NO3/c1-11-15-10-13(6-9-16(15)19(2)18(11)21)17(20)12-4-7-14(22-3)8-5-12/h4-11,17,20H,1-3H3. The number of benzene rings is 2. The summed E-state index contributed by atoms with van der Waals surface area (Å²) in [7, 11) is 3.39. The third-order valence-corrected chi connectivity index (χ3v) is 4.33. The summed E-state index contributed by atoms with van der Waals surface area (Å²) in [6.45, 7) is 1.90. The van der Waals surface area contributed by atoms with Crippen molar-refractivity contribution in [3.63, 3.8) is 0 Å². The maximum absolute atomic E-state index is 12.0. The summed E-state index contributed by atoms with van der Waals surface area (Å²) >= 11 is 0. The van der Waals surface area contributed by atoms with E-state index in [1.165, 1.54) is 0 Å². The molecule has 1 amide bonds. The number of amides is 1. The quantitative estimate of drug-likeness (QED) is 0.947. The van der Waals surface area contributed by atoms with Crippen LogP contribution in [0.3, 0.4) is 0 Å². The predicted octanol–water partition coefficient (Wildman–Crippen LogP) is 2.86. The maximum atomic E-state index is 12.0. The monoisotopic (exact) mass is 297 g/mol. The molecule has 2 unspecified atom stereocenters. The van der Waals surface area contributed by atoms with Crippen molar-refractivity contribution in [2.75, 3.05) is 19.1 Å². The molecule has 1 aliphatic heterocycles. The number of carbonyl (C=O) groups is 1. The van der Waals surface area contributed by atoms with Crippen molar-refractivity contribution < 1.29 is 14.6 Å². The van der Waals surface area contributed by atoms with Gasteiger partial charge in [0.1, 0.15) is 11.9 Å². The van der Waals surface area contributed by atoms with E-state index in [-0.39, 0.29) is 11.8 Å². The van der Waals surface area contributed by atoms with E-state index in [9.17, 15) is 9.90 Å². The van der Waals surface area contributed by atoms with Crippen LogP contribution in [-0.2, 0) is 4.79 Å². The predicted molar refractivity (Wildman–Crippen MR) is 85.3 cm³/mol. The largest absolute Gasteiger partial charge is 0.497 e. The van der Waals surface area contributed by atoms with Crippen LogP contribution in [0.4, 0.5) is 5.69 Å². The van der Waals surface area contributed by atoms with E-state index in [0.717, 1.165) is 28.1 Å². The Morgan fingerprint density at radius 1 is 1.14 bits per heavy atom. The number of hydrogen-bond acceptors (Lipinski definition) is 3. The van der Waals surface area contributed by atoms with Gasteiger partial charge < -0.3 is 14.7 Å². The minimum atomic E-state index is -0.718. The van der Waals surface area contributed by atoms with Crippen molar-refractivity contribution in [1.29, 1.82) is 0 Å². The van der Waals surface area contributed by atoms with Gasteiger partial charge in [0.15, 0.2) is 0 Å². The molecule has 0 radical (unpaired) electrons. The number of aliphatic hydroxyl groups excluding tert-OH is 1. The Labute approximate surface area is 130 Å². The van der Waals surface area contributed by atoms with E-state index < -0.39 is 6.10 Å². The first-order valence-electron chi connectivity index (χ1n) is 7.26. The topological polar surface area (TPSA) is 49.8 Å². The van der Waals surface area contributed by atoms with Gasteiger partial charge in [-0.2, -0.15) is 0 Å². The number of rotatable bonds is 3. The van der Waals surface area contributed by atoms with Crippen LogP contribution in [0.1, 0.15) is 35.6 Å². The SMILES string of the molecule is COc1ccc(C(O)c2ccc3c(c2)C(C)C(=O)N3C)cc1. The summed E-state index contributed by atoms with van der Waals surface area (Å²) in [4.78, 5) is 13.7. The highest BCUT2D eigenvalue weighted by atomic mass is 16.5. The summed E-state index contributed by atoms with van der Waals surface area (Å²) in [6.07, 6.45) is -0.718. The fourth-order valence-corrected chi connectivity index (χ4v) is 2.92. The molecular weight excluding hydrogens is 278 g/mol. The van der Waals surface area contributed by atoms with Crippen molar-refractivity contribution in [2.45, 2.75) is 18.9 Å². The molecule has 0 fully saturated rings. The average Bonchev–Trinajstić information content (AvgIpc) is 2.78. The van der Waals surface area contributed by atoms with Gasteiger partial charge in [-0.3, -0.25) is 4.79 Å². The minimum Gasteiger partial charge on any atom is -0.497 e. The summed E-state index contributed by atoms with van der Waals surface area (Å²) in [5.41, 5.74) is 3.48. The highest BCUT2D eigenvalue weighted by molar-refractivity contribution is 6.04. The summed E-state index contributed by atoms with van der Waals surface area (Å²) in [5, 5.41) is 10.6. The summed E-state index contributed by atoms with van der Waals surface area (Å²) in [6, 6.07) is 13.0. The third-order valence-electron chi connectivity index (χ3n) is 4.33. The highest BCUT2D eigenvalue weighted by Gasteiger charge is 2.32. The lowest BCUT2D eigenvalue weighted by Crippen LogP contribution is -2.22. The Hall–Kier alpha value is -2.33. The second kappa shape index (κ2) is 5.46. The maximum Gasteiger partial charge on any atom is 0.234 e. The molecule has 2 aromatic carbocycles. The number of hydrogen-bond donors (Lipinski definition) is 1. The van der Waals surface area contributed by atoms with E-state index in [0.29, 0.717) is 0 Å². The van der Waals surface area contributed by atoms with Gasteiger partial charge in [0.2, 0.25) is 5.91 Å². The molecule has 4 heteroatoms. The minimum absolute atomic E-state index is 0.0890. The second-order valence-corrected chi connectivity index (χ2v) is 5.61. The molecule has 3 rings (SSSR count). The van der Waals surface area contributed by atoms with Crippen LogP contribution in [0.15, 0.2) is 42.5 Å². The van der Waals surface area contributed by atoms with Gasteiger partial charge in [0, 0.05) is 12.7 Å². The van der Waals surface area contributed by atoms with Crippen LogP contribution in [-0.4, -0.2) is 25.2 Å². The molecule has 2 atom stereocenters. The zero-order valence-corrected chi connectivity index (χ0v) is 12.9. The number of fused-ring (bicyclic) bond motifs is 1. The van der Waals surface area contributed by atoms with Gasteiger partial charge in [-0.1, -0.05) is 18.2 Å². The smallest absolute Gasteiger partial charge is 0.234 e. The van der Waals surface area contributed by atoms with Crippen LogP contribution < -0.4 is 9.64 Å². The Kier molecular flexibility index (Phi) is 3.62. The first kappa shape index (κ1) is 14.6. The Balaban J connectivity index is 1.94. The third kappa shape index (κ3) is 2.25. The number of likely N-dealkylation sites (N-methyl/N-ethyl adjacent to an activating group) is 1. The molecule has 0 aliphatic carbocycles. The molecule has 1 aliphatic rings. The van der Waals surface area contributed by atoms with Crippen molar-refractivity contribution in [3.05, 3.63) is 59.2 Å². The number of nitrogens with zero attached hydrogens (tertiary/aromatic N) is 1. The molecule has 0 bridgehead atoms. The van der Waals surface area contributed by atoms with Crippen molar-refractivity contribution in [1.82, 2.24) is 0 Å². The van der Waals surface area contributed by atoms with Crippen LogP contribution >= 0.6 is 0 Å². The average molecular weight is 297 g/mol. The Morgan fingerprint density at radius 2 is 1.77 bits per heavy atom. The second-order valence-electron chi connectivity index (χ2n) is 5.61. The number of ether oxygens (including phenoxy) is 1. The van der Waals surface area contributed by atoms with Gasteiger partial charge in [0.25, 0.3) is 0 Å². The molecule has 4 nitrogen and oxygen atoms in total. The van der Waals surface area contributed by atoms with E-state index in [4.69, 9.17) is 4.74 Å². The Bertz CT molecular complexity index is 709. The first-order valence-corrected chi connectivity index (χ1v) is 7.26. The first-order chi connectivity index (χ1) is 10.5. The lowest BCUT2D eigenvalue weighted by molar-refractivity contribution is -0.118. The normalized spacial score (nSPS) is 18.3. The zero-order chi connectivity index (χ0) is 15.9. The van der Waals surface area contributed by atoms with Gasteiger partial charge in [0.05, 0.1) is 13.0 Å². The fourth-order valence-electron chi connectivity index (χ4n) is 2.92. The molecular formula is C18H19NO3. The van der Waals surface area contributed by atoms with Crippen molar-refractivity contribution in [2.24, 2.45) is 0 Å². The molecule has 0 saturated heterocycles. The van der Waals surface area contributed by atoms with Crippen molar-refractivity contribution in [3.8, 4) is 5.75 Å². The molecule has 0 spiro atoms. The lowest BCUT2D eigenvalue weighted by atomic mass is 9.95. The Morgan fingerprint density at radius 3 is 2.41 bits per heavy atom. The lowest BCUT2D eigenvalue weighted by Gasteiger charge is -2.15. The van der Waals surface area contributed by atoms with Crippen molar-refractivity contribution >= 4 is 11.6 Å². The number of methoxy groups -OCH3 is 1. The van der Waals surface area contributed by atoms with E-state index >= 15 is 0 Å². The molecule has 0 saturated carbocycles. The van der Waals surface area contributed by atoms with Gasteiger partial charge in [-0.25, -0.2) is 0 Å². The van der Waals surface area contributed by atoms with Crippen LogP contribution in [0, 0.1) is 0 Å². The molecule has 114 valence electrons. The molecule has 1 N–H and O–H groups in total. The van der Waals surface area contributed by atoms with Crippen LogP contribution in [0.25, 0.3) is 0 Å². The van der Waals surface area contributed by atoms with Crippen LogP contribution in [0.2, 0.25) is 0 Å². The molecule has 2 aromatic rings.